The first-order valence-corrected chi connectivity index (χ1v) is 6.98. The summed E-state index contributed by atoms with van der Waals surface area (Å²) in [7, 11) is 3.72. The van der Waals surface area contributed by atoms with Crippen LogP contribution in [0.1, 0.15) is 45.2 Å². The molecular formula is C16H27NO2. The number of para-hydroxylation sites is 1. The fourth-order valence-corrected chi connectivity index (χ4v) is 1.99. The second kappa shape index (κ2) is 7.51. The van der Waals surface area contributed by atoms with Gasteiger partial charge in [0.25, 0.3) is 0 Å². The summed E-state index contributed by atoms with van der Waals surface area (Å²) in [5.41, 5.74) is 1.09. The van der Waals surface area contributed by atoms with Crippen LogP contribution in [0, 0.1) is 0 Å². The average Bonchev–Trinajstić information content (AvgIpc) is 2.41. The molecule has 0 aliphatic carbocycles. The minimum atomic E-state index is -0.137. The zero-order valence-corrected chi connectivity index (χ0v) is 12.8. The summed E-state index contributed by atoms with van der Waals surface area (Å²) in [6.45, 7) is 6.99. The maximum atomic E-state index is 5.94. The highest BCUT2D eigenvalue weighted by Crippen LogP contribution is 2.27. The van der Waals surface area contributed by atoms with E-state index < -0.39 is 0 Å². The molecule has 0 amide bonds. The van der Waals surface area contributed by atoms with Crippen LogP contribution in [0.5, 0.6) is 5.75 Å². The van der Waals surface area contributed by atoms with Crippen molar-refractivity contribution in [3.05, 3.63) is 29.8 Å². The highest BCUT2D eigenvalue weighted by Gasteiger charge is 2.17. The van der Waals surface area contributed by atoms with E-state index in [1.807, 2.05) is 19.2 Å². The van der Waals surface area contributed by atoms with Gasteiger partial charge in [0.2, 0.25) is 0 Å². The number of benzene rings is 1. The van der Waals surface area contributed by atoms with Crippen molar-refractivity contribution >= 4 is 0 Å². The molecule has 0 aliphatic heterocycles. The standard InChI is InChI=1S/C16H27NO2/c1-6-14(17-4)13-9-7-8-10-15(13)19-12-11-16(2,3)18-5/h7-10,14,17H,6,11-12H2,1-5H3. The van der Waals surface area contributed by atoms with Gasteiger partial charge < -0.3 is 14.8 Å². The molecule has 1 aromatic carbocycles. The smallest absolute Gasteiger partial charge is 0.124 e. The maximum Gasteiger partial charge on any atom is 0.124 e. The first-order valence-electron chi connectivity index (χ1n) is 6.98. The molecule has 1 atom stereocenters. The third-order valence-corrected chi connectivity index (χ3v) is 3.57. The third-order valence-electron chi connectivity index (χ3n) is 3.57. The molecule has 0 saturated heterocycles. The Labute approximate surface area is 117 Å². The first kappa shape index (κ1) is 16.0. The van der Waals surface area contributed by atoms with E-state index in [0.717, 1.165) is 18.6 Å². The van der Waals surface area contributed by atoms with Gasteiger partial charge in [-0.25, -0.2) is 0 Å². The van der Waals surface area contributed by atoms with E-state index in [1.165, 1.54) is 5.56 Å². The van der Waals surface area contributed by atoms with Crippen LogP contribution in [0.4, 0.5) is 0 Å². The Hall–Kier alpha value is -1.06. The summed E-state index contributed by atoms with van der Waals surface area (Å²) < 4.78 is 11.3. The Kier molecular flexibility index (Phi) is 6.32. The minimum Gasteiger partial charge on any atom is -0.493 e. The third kappa shape index (κ3) is 4.84. The Bertz CT molecular complexity index is 373. The van der Waals surface area contributed by atoms with Crippen molar-refractivity contribution in [1.29, 1.82) is 0 Å². The van der Waals surface area contributed by atoms with Crippen molar-refractivity contribution in [3.8, 4) is 5.75 Å². The average molecular weight is 265 g/mol. The molecule has 0 heterocycles. The van der Waals surface area contributed by atoms with E-state index in [4.69, 9.17) is 9.47 Å². The van der Waals surface area contributed by atoms with E-state index in [9.17, 15) is 0 Å². The molecule has 0 bridgehead atoms. The summed E-state index contributed by atoms with van der Waals surface area (Å²) in [4.78, 5) is 0. The van der Waals surface area contributed by atoms with Gasteiger partial charge in [-0.15, -0.1) is 0 Å². The molecule has 1 unspecified atom stereocenters. The number of ether oxygens (including phenoxy) is 2. The van der Waals surface area contributed by atoms with Crippen molar-refractivity contribution in [1.82, 2.24) is 5.32 Å². The molecule has 1 rings (SSSR count). The van der Waals surface area contributed by atoms with Crippen molar-refractivity contribution in [3.63, 3.8) is 0 Å². The van der Waals surface area contributed by atoms with Crippen LogP contribution in [0.15, 0.2) is 24.3 Å². The summed E-state index contributed by atoms with van der Waals surface area (Å²) >= 11 is 0. The van der Waals surface area contributed by atoms with Crippen LogP contribution < -0.4 is 10.1 Å². The van der Waals surface area contributed by atoms with Crippen LogP contribution in [0.2, 0.25) is 0 Å². The van der Waals surface area contributed by atoms with Gasteiger partial charge in [-0.3, -0.25) is 0 Å². The van der Waals surface area contributed by atoms with Gasteiger partial charge in [0.15, 0.2) is 0 Å². The van der Waals surface area contributed by atoms with Gasteiger partial charge in [-0.05, 0) is 33.4 Å². The SMILES string of the molecule is CCC(NC)c1ccccc1OCCC(C)(C)OC. The van der Waals surface area contributed by atoms with Crippen LogP contribution in [0.25, 0.3) is 0 Å². The van der Waals surface area contributed by atoms with E-state index in [-0.39, 0.29) is 5.60 Å². The Morgan fingerprint density at radius 2 is 1.95 bits per heavy atom. The fraction of sp³-hybridized carbons (Fsp3) is 0.625. The summed E-state index contributed by atoms with van der Waals surface area (Å²) in [6.07, 6.45) is 1.91. The van der Waals surface area contributed by atoms with Crippen LogP contribution in [-0.4, -0.2) is 26.4 Å². The van der Waals surface area contributed by atoms with Crippen LogP contribution in [-0.2, 0) is 4.74 Å². The highest BCUT2D eigenvalue weighted by molar-refractivity contribution is 5.35. The minimum absolute atomic E-state index is 0.137. The lowest BCUT2D eigenvalue weighted by Crippen LogP contribution is -2.25. The zero-order chi connectivity index (χ0) is 14.3. The molecule has 0 fully saturated rings. The summed E-state index contributed by atoms with van der Waals surface area (Å²) in [5.74, 6) is 0.968. The van der Waals surface area contributed by atoms with E-state index in [2.05, 4.69) is 38.2 Å². The lowest BCUT2D eigenvalue weighted by molar-refractivity contribution is 0.00534. The number of hydrogen-bond acceptors (Lipinski definition) is 3. The predicted octanol–water partition coefficient (Wildman–Crippen LogP) is 3.55. The molecule has 0 spiro atoms. The van der Waals surface area contributed by atoms with Crippen molar-refractivity contribution in [2.24, 2.45) is 0 Å². The topological polar surface area (TPSA) is 30.5 Å². The molecule has 3 nitrogen and oxygen atoms in total. The van der Waals surface area contributed by atoms with Crippen LogP contribution >= 0.6 is 0 Å². The summed E-state index contributed by atoms with van der Waals surface area (Å²) in [6, 6.07) is 8.58. The Morgan fingerprint density at radius 1 is 1.26 bits per heavy atom. The molecule has 108 valence electrons. The van der Waals surface area contributed by atoms with Crippen LogP contribution in [0.3, 0.4) is 0 Å². The van der Waals surface area contributed by atoms with Gasteiger partial charge in [-0.1, -0.05) is 25.1 Å². The van der Waals surface area contributed by atoms with Gasteiger partial charge in [0.1, 0.15) is 5.75 Å². The number of hydrogen-bond donors (Lipinski definition) is 1. The quantitative estimate of drug-likeness (QED) is 0.779. The lowest BCUT2D eigenvalue weighted by Gasteiger charge is -2.24. The lowest BCUT2D eigenvalue weighted by atomic mass is 10.0. The number of rotatable bonds is 8. The number of methoxy groups -OCH3 is 1. The van der Waals surface area contributed by atoms with Gasteiger partial charge >= 0.3 is 0 Å². The van der Waals surface area contributed by atoms with Gasteiger partial charge in [-0.2, -0.15) is 0 Å². The molecule has 0 radical (unpaired) electrons. The Morgan fingerprint density at radius 3 is 2.53 bits per heavy atom. The molecule has 0 aromatic heterocycles. The Balaban J connectivity index is 2.68. The van der Waals surface area contributed by atoms with E-state index in [0.29, 0.717) is 12.6 Å². The van der Waals surface area contributed by atoms with E-state index in [1.54, 1.807) is 7.11 Å². The van der Waals surface area contributed by atoms with E-state index >= 15 is 0 Å². The molecule has 3 heteroatoms. The normalized spacial score (nSPS) is 13.3. The largest absolute Gasteiger partial charge is 0.493 e. The number of nitrogens with one attached hydrogen (secondary N) is 1. The van der Waals surface area contributed by atoms with Crippen molar-refractivity contribution < 1.29 is 9.47 Å². The fourth-order valence-electron chi connectivity index (χ4n) is 1.99. The van der Waals surface area contributed by atoms with Gasteiger partial charge in [0.05, 0.1) is 12.2 Å². The highest BCUT2D eigenvalue weighted by atomic mass is 16.5. The van der Waals surface area contributed by atoms with Gasteiger partial charge in [0, 0.05) is 25.1 Å². The molecule has 0 aliphatic rings. The molecular weight excluding hydrogens is 238 g/mol. The monoisotopic (exact) mass is 265 g/mol. The first-order chi connectivity index (χ1) is 9.04. The molecule has 1 aromatic rings. The molecule has 1 N–H and O–H groups in total. The molecule has 19 heavy (non-hydrogen) atoms. The second-order valence-corrected chi connectivity index (χ2v) is 5.35. The van der Waals surface area contributed by atoms with Crippen molar-refractivity contribution in [2.75, 3.05) is 20.8 Å². The van der Waals surface area contributed by atoms with Crippen molar-refractivity contribution in [2.45, 2.75) is 45.3 Å². The predicted molar refractivity (Wildman–Crippen MR) is 79.7 cm³/mol. The zero-order valence-electron chi connectivity index (χ0n) is 12.8. The second-order valence-electron chi connectivity index (χ2n) is 5.35. The molecule has 0 saturated carbocycles. The summed E-state index contributed by atoms with van der Waals surface area (Å²) in [5, 5.41) is 3.32. The maximum absolute atomic E-state index is 5.94.